The van der Waals surface area contributed by atoms with Gasteiger partial charge in [-0.15, -0.1) is 0 Å². The van der Waals surface area contributed by atoms with Gasteiger partial charge in [-0.1, -0.05) is 60.1 Å². The fraction of sp³-hybridized carbons (Fsp3) is 0.273. The van der Waals surface area contributed by atoms with Gasteiger partial charge in [-0.2, -0.15) is 0 Å². The van der Waals surface area contributed by atoms with E-state index in [1.165, 1.54) is 12.1 Å². The molecule has 6 rings (SSSR count). The van der Waals surface area contributed by atoms with Crippen molar-refractivity contribution < 1.29 is 23.5 Å². The van der Waals surface area contributed by atoms with Gasteiger partial charge >= 0.3 is 0 Å². The Morgan fingerprint density at radius 2 is 1.84 bits per heavy atom. The number of hydrogen-bond donors (Lipinski definition) is 2. The standard InChI is InChI=1S/C33H31ClFN5O4/c34-25-17-23(8-9-26(25)35)31-33-39(27(32(36)43)18-22-6-3-5-21-4-1-2-7-24(21)22)15-12-30(44-33)40(31)29(42)19-38-28(41)16-20-10-13-37-14-11-20/h1-11,13-14,17,27,30-31,33H,12,15-16,18-19H2,(H2,36,43)(H,38,41). The Labute approximate surface area is 258 Å². The first-order valence-corrected chi connectivity index (χ1v) is 14.8. The van der Waals surface area contributed by atoms with Crippen molar-refractivity contribution in [2.45, 2.75) is 43.8 Å². The fourth-order valence-electron chi connectivity index (χ4n) is 6.22. The van der Waals surface area contributed by atoms with Crippen LogP contribution in [0.5, 0.6) is 0 Å². The summed E-state index contributed by atoms with van der Waals surface area (Å²) in [5.41, 5.74) is 8.28. The van der Waals surface area contributed by atoms with E-state index in [0.717, 1.165) is 21.9 Å². The SMILES string of the molecule is NC(=O)C(Cc1cccc2ccccc12)N1CCC2OC1C(c1ccc(F)c(Cl)c1)N2C(=O)CNC(=O)Cc1ccncc1. The van der Waals surface area contributed by atoms with Crippen LogP contribution in [0.3, 0.4) is 0 Å². The Morgan fingerprint density at radius 1 is 1.07 bits per heavy atom. The molecule has 0 saturated carbocycles. The number of carbonyl (C=O) groups excluding carboxylic acids is 3. The summed E-state index contributed by atoms with van der Waals surface area (Å²) in [4.78, 5) is 46.8. The van der Waals surface area contributed by atoms with E-state index >= 15 is 0 Å². The molecule has 9 nitrogen and oxygen atoms in total. The number of rotatable bonds is 9. The first kappa shape index (κ1) is 29.7. The molecule has 2 bridgehead atoms. The van der Waals surface area contributed by atoms with Crippen molar-refractivity contribution in [1.82, 2.24) is 20.1 Å². The summed E-state index contributed by atoms with van der Waals surface area (Å²) in [5.74, 6) is -1.82. The van der Waals surface area contributed by atoms with Gasteiger partial charge in [0.25, 0.3) is 0 Å². The lowest BCUT2D eigenvalue weighted by Gasteiger charge is -2.38. The molecule has 44 heavy (non-hydrogen) atoms. The zero-order chi connectivity index (χ0) is 30.8. The number of nitrogens with zero attached hydrogens (tertiary/aromatic N) is 3. The Hall–Kier alpha value is -4.38. The molecule has 2 aliphatic rings. The largest absolute Gasteiger partial charge is 0.368 e. The highest BCUT2D eigenvalue weighted by molar-refractivity contribution is 6.30. The van der Waals surface area contributed by atoms with Crippen LogP contribution in [0.1, 0.15) is 29.2 Å². The third kappa shape index (κ3) is 6.01. The van der Waals surface area contributed by atoms with E-state index in [0.29, 0.717) is 24.9 Å². The molecule has 0 spiro atoms. The maximum Gasteiger partial charge on any atom is 0.244 e. The van der Waals surface area contributed by atoms with E-state index in [1.807, 2.05) is 47.4 Å². The molecule has 4 unspecified atom stereocenters. The van der Waals surface area contributed by atoms with Gasteiger partial charge in [0.2, 0.25) is 17.7 Å². The predicted molar refractivity (Wildman–Crippen MR) is 163 cm³/mol. The molecule has 3 heterocycles. The van der Waals surface area contributed by atoms with Gasteiger partial charge in [-0.25, -0.2) is 4.39 Å². The second kappa shape index (κ2) is 12.7. The van der Waals surface area contributed by atoms with Crippen LogP contribution in [0.25, 0.3) is 10.8 Å². The van der Waals surface area contributed by atoms with Gasteiger partial charge in [-0.05, 0) is 58.1 Å². The Bertz CT molecular complexity index is 1700. The quantitative estimate of drug-likeness (QED) is 0.296. The van der Waals surface area contributed by atoms with E-state index in [-0.39, 0.29) is 29.8 Å². The van der Waals surface area contributed by atoms with Gasteiger partial charge in [-0.3, -0.25) is 24.3 Å². The third-order valence-electron chi connectivity index (χ3n) is 8.28. The number of nitrogens with two attached hydrogens (primary N) is 1. The first-order valence-electron chi connectivity index (χ1n) is 14.4. The smallest absolute Gasteiger partial charge is 0.244 e. The number of benzene rings is 3. The lowest BCUT2D eigenvalue weighted by molar-refractivity contribution is -0.151. The number of hydrogen-bond acceptors (Lipinski definition) is 6. The van der Waals surface area contributed by atoms with E-state index in [9.17, 15) is 18.8 Å². The van der Waals surface area contributed by atoms with Crippen LogP contribution in [-0.4, -0.2) is 64.1 Å². The number of primary amides is 1. The monoisotopic (exact) mass is 615 g/mol. The summed E-state index contributed by atoms with van der Waals surface area (Å²) in [6, 6.07) is 20.1. The van der Waals surface area contributed by atoms with Crippen LogP contribution < -0.4 is 11.1 Å². The number of amides is 3. The summed E-state index contributed by atoms with van der Waals surface area (Å²) < 4.78 is 20.6. The number of fused-ring (bicyclic) bond motifs is 3. The van der Waals surface area contributed by atoms with Crippen LogP contribution >= 0.6 is 11.6 Å². The van der Waals surface area contributed by atoms with E-state index in [1.54, 1.807) is 35.5 Å². The minimum atomic E-state index is -0.765. The van der Waals surface area contributed by atoms with E-state index in [4.69, 9.17) is 22.1 Å². The van der Waals surface area contributed by atoms with E-state index in [2.05, 4.69) is 10.3 Å². The summed E-state index contributed by atoms with van der Waals surface area (Å²) in [6.45, 7) is 0.161. The van der Waals surface area contributed by atoms with Crippen molar-refractivity contribution in [1.29, 1.82) is 0 Å². The van der Waals surface area contributed by atoms with Crippen molar-refractivity contribution in [2.75, 3.05) is 13.1 Å². The van der Waals surface area contributed by atoms with Crippen molar-refractivity contribution in [3.05, 3.63) is 113 Å². The maximum absolute atomic E-state index is 14.2. The summed E-state index contributed by atoms with van der Waals surface area (Å²) in [7, 11) is 0. The van der Waals surface area contributed by atoms with Gasteiger partial charge < -0.3 is 20.7 Å². The van der Waals surface area contributed by atoms with Crippen molar-refractivity contribution >= 4 is 40.1 Å². The van der Waals surface area contributed by atoms with Crippen LogP contribution in [0, 0.1) is 5.82 Å². The third-order valence-corrected chi connectivity index (χ3v) is 8.57. The first-order chi connectivity index (χ1) is 21.3. The summed E-state index contributed by atoms with van der Waals surface area (Å²) >= 11 is 6.19. The molecule has 0 aliphatic carbocycles. The number of nitrogens with one attached hydrogen (secondary N) is 1. The van der Waals surface area contributed by atoms with Gasteiger partial charge in [0, 0.05) is 25.4 Å². The van der Waals surface area contributed by atoms with Gasteiger partial charge in [0.05, 0.1) is 30.1 Å². The molecule has 2 saturated heterocycles. The molecular formula is C33H31ClFN5O4. The topological polar surface area (TPSA) is 118 Å². The molecule has 4 atom stereocenters. The van der Waals surface area contributed by atoms with Gasteiger partial charge in [0.1, 0.15) is 18.3 Å². The van der Waals surface area contributed by atoms with Crippen LogP contribution in [0.15, 0.2) is 85.2 Å². The number of halogens is 2. The molecule has 0 radical (unpaired) electrons. The minimum Gasteiger partial charge on any atom is -0.368 e. The number of aromatic nitrogens is 1. The molecule has 226 valence electrons. The summed E-state index contributed by atoms with van der Waals surface area (Å²) in [5, 5.41) is 4.67. The molecular weight excluding hydrogens is 585 g/mol. The molecule has 1 aromatic heterocycles. The average Bonchev–Trinajstić information content (AvgIpc) is 3.33. The Balaban J connectivity index is 1.28. The molecule has 2 fully saturated rings. The van der Waals surface area contributed by atoms with Crippen molar-refractivity contribution in [3.63, 3.8) is 0 Å². The molecule has 11 heteroatoms. The van der Waals surface area contributed by atoms with Crippen LogP contribution in [0.2, 0.25) is 5.02 Å². The Kier molecular flexibility index (Phi) is 8.56. The Morgan fingerprint density at radius 3 is 2.61 bits per heavy atom. The lowest BCUT2D eigenvalue weighted by Crippen LogP contribution is -2.54. The van der Waals surface area contributed by atoms with Crippen molar-refractivity contribution in [3.8, 4) is 0 Å². The fourth-order valence-corrected chi connectivity index (χ4v) is 6.40. The van der Waals surface area contributed by atoms with E-state index < -0.39 is 36.3 Å². The highest BCUT2D eigenvalue weighted by Crippen LogP contribution is 2.43. The highest BCUT2D eigenvalue weighted by Gasteiger charge is 2.53. The van der Waals surface area contributed by atoms with Crippen molar-refractivity contribution in [2.24, 2.45) is 5.73 Å². The number of carbonyl (C=O) groups is 3. The van der Waals surface area contributed by atoms with Crippen LogP contribution in [0.4, 0.5) is 4.39 Å². The molecule has 3 N–H and O–H groups in total. The maximum atomic E-state index is 14.2. The van der Waals surface area contributed by atoms with Gasteiger partial charge in [0.15, 0.2) is 0 Å². The average molecular weight is 616 g/mol. The molecule has 3 amide bonds. The molecule has 2 aliphatic heterocycles. The zero-order valence-corrected chi connectivity index (χ0v) is 24.5. The minimum absolute atomic E-state index is 0.0948. The summed E-state index contributed by atoms with van der Waals surface area (Å²) in [6.07, 6.45) is 2.63. The molecule has 4 aromatic rings. The predicted octanol–water partition coefficient (Wildman–Crippen LogP) is 3.74. The second-order valence-corrected chi connectivity index (χ2v) is 11.4. The second-order valence-electron chi connectivity index (χ2n) is 11.0. The molecule has 3 aromatic carbocycles. The number of pyridine rings is 1. The van der Waals surface area contributed by atoms with Crippen LogP contribution in [-0.2, 0) is 32.0 Å². The highest BCUT2D eigenvalue weighted by atomic mass is 35.5. The normalized spacial score (nSPS) is 20.4. The number of ether oxygens (including phenoxy) is 1. The zero-order valence-electron chi connectivity index (χ0n) is 23.7. The lowest BCUT2D eigenvalue weighted by atomic mass is 9.96.